The molecule has 3 fully saturated rings. The van der Waals surface area contributed by atoms with Crippen molar-refractivity contribution >= 4 is 69.1 Å². The van der Waals surface area contributed by atoms with E-state index >= 15 is 4.79 Å². The van der Waals surface area contributed by atoms with Crippen molar-refractivity contribution in [2.24, 2.45) is 50.7 Å². The third-order valence-electron chi connectivity index (χ3n) is 15.4. The van der Waals surface area contributed by atoms with E-state index in [9.17, 15) is 34.7 Å². The second-order valence-electron chi connectivity index (χ2n) is 23.7. The van der Waals surface area contributed by atoms with Crippen LogP contribution in [0.4, 0.5) is 0 Å². The van der Waals surface area contributed by atoms with Crippen molar-refractivity contribution in [3.05, 3.63) is 0 Å². The smallest absolute Gasteiger partial charge is 0.313 e. The first-order valence-corrected chi connectivity index (χ1v) is 29.0. The molecule has 0 heterocycles. The van der Waals surface area contributed by atoms with Crippen LogP contribution in [0.15, 0.2) is 0 Å². The van der Waals surface area contributed by atoms with Gasteiger partial charge in [-0.25, -0.2) is 0 Å². The SMILES string of the molecule is CCCCCCCCCCCCSC(=S)SCC(C)(CC(C)(CC(C)(CC(C)(CC(C)(C#N)CCC(=O)O)C(=O)O)C(=O)OC1CC2CC1C1CCCC21)C(=O)OCCOCCOC)C(=O)OC(C)(C)C. The molecule has 3 aliphatic rings. The van der Waals surface area contributed by atoms with Crippen LogP contribution in [0.1, 0.15) is 197 Å². The van der Waals surface area contributed by atoms with Gasteiger partial charge in [-0.05, 0) is 149 Å². The van der Waals surface area contributed by atoms with E-state index in [-0.39, 0.29) is 76.1 Å². The maximum Gasteiger partial charge on any atom is 0.313 e. The molecule has 0 spiro atoms. The number of ether oxygens (including phenoxy) is 5. The predicted octanol–water partition coefficient (Wildman–Crippen LogP) is 12.6. The number of thioether (sulfide) groups is 2. The van der Waals surface area contributed by atoms with Gasteiger partial charge in [0, 0.05) is 19.3 Å². The van der Waals surface area contributed by atoms with Crippen LogP contribution in [0.25, 0.3) is 0 Å². The Balaban J connectivity index is 2.02. The number of nitriles is 1. The molecule has 2 bridgehead atoms. The number of esters is 3. The lowest BCUT2D eigenvalue weighted by Crippen LogP contribution is -2.50. The average molecular weight is 1050 g/mol. The summed E-state index contributed by atoms with van der Waals surface area (Å²) in [6.07, 6.45) is 15.5. The minimum absolute atomic E-state index is 0.0563. The maximum atomic E-state index is 15.3. The van der Waals surface area contributed by atoms with Crippen LogP contribution in [-0.4, -0.2) is 100 Å². The molecule has 10 atom stereocenters. The van der Waals surface area contributed by atoms with Gasteiger partial charge in [-0.1, -0.05) is 83.3 Å². The number of carbonyl (C=O) groups is 5. The third-order valence-corrected chi connectivity index (χ3v) is 18.6. The molecule has 406 valence electrons. The molecule has 3 aliphatic carbocycles. The van der Waals surface area contributed by atoms with Gasteiger partial charge in [-0.15, -0.1) is 23.5 Å². The molecule has 3 saturated carbocycles. The van der Waals surface area contributed by atoms with Gasteiger partial charge in [0.25, 0.3) is 0 Å². The number of nitrogens with zero attached hydrogens (tertiary/aromatic N) is 1. The van der Waals surface area contributed by atoms with Crippen molar-refractivity contribution in [2.75, 3.05) is 45.0 Å². The highest BCUT2D eigenvalue weighted by Gasteiger charge is 2.59. The highest BCUT2D eigenvalue weighted by atomic mass is 32.2. The molecule has 0 amide bonds. The monoisotopic (exact) mass is 1050 g/mol. The van der Waals surface area contributed by atoms with E-state index in [2.05, 4.69) is 13.0 Å². The molecule has 0 saturated heterocycles. The van der Waals surface area contributed by atoms with E-state index in [4.69, 9.17) is 35.9 Å². The number of thiocarbonyl (C=S) groups is 1. The Morgan fingerprint density at radius 2 is 1.25 bits per heavy atom. The first-order chi connectivity index (χ1) is 33.3. The highest BCUT2D eigenvalue weighted by molar-refractivity contribution is 8.47. The number of rotatable bonds is 35. The highest BCUT2D eigenvalue weighted by Crippen LogP contribution is 2.60. The molecule has 71 heavy (non-hydrogen) atoms. The number of fused-ring (bicyclic) bond motifs is 5. The van der Waals surface area contributed by atoms with Crippen molar-refractivity contribution in [2.45, 2.75) is 209 Å². The van der Waals surface area contributed by atoms with Crippen LogP contribution in [-0.2, 0) is 47.7 Å². The van der Waals surface area contributed by atoms with Gasteiger partial charge < -0.3 is 33.9 Å². The zero-order chi connectivity index (χ0) is 53.1. The second kappa shape index (κ2) is 29.0. The number of aliphatic carboxylic acids is 2. The summed E-state index contributed by atoms with van der Waals surface area (Å²) in [4.78, 5) is 70.1. The summed E-state index contributed by atoms with van der Waals surface area (Å²) < 4.78 is 30.0. The zero-order valence-corrected chi connectivity index (χ0v) is 47.6. The number of carboxylic acid groups (broad SMARTS) is 2. The molecular weight excluding hydrogens is 963 g/mol. The lowest BCUT2D eigenvalue weighted by molar-refractivity contribution is -0.178. The summed E-state index contributed by atoms with van der Waals surface area (Å²) in [5.41, 5.74) is -8.76. The fourth-order valence-corrected chi connectivity index (χ4v) is 14.6. The van der Waals surface area contributed by atoms with Gasteiger partial charge in [0.2, 0.25) is 0 Å². The summed E-state index contributed by atoms with van der Waals surface area (Å²) in [7, 11) is 1.55. The van der Waals surface area contributed by atoms with E-state index < -0.39 is 62.5 Å². The minimum Gasteiger partial charge on any atom is -0.481 e. The van der Waals surface area contributed by atoms with E-state index in [0.717, 1.165) is 44.3 Å². The number of hydrogen-bond donors (Lipinski definition) is 2. The van der Waals surface area contributed by atoms with Crippen LogP contribution in [0, 0.1) is 62.1 Å². The Kier molecular flexibility index (Phi) is 25.7. The van der Waals surface area contributed by atoms with E-state index in [0.29, 0.717) is 27.9 Å². The first kappa shape index (κ1) is 62.8. The largest absolute Gasteiger partial charge is 0.481 e. The fraction of sp³-hybridized carbons (Fsp3) is 0.873. The molecule has 16 heteroatoms. The van der Waals surface area contributed by atoms with Gasteiger partial charge >= 0.3 is 29.8 Å². The van der Waals surface area contributed by atoms with Crippen molar-refractivity contribution in [3.63, 3.8) is 0 Å². The van der Waals surface area contributed by atoms with Crippen LogP contribution >= 0.6 is 35.7 Å². The molecule has 0 aromatic carbocycles. The van der Waals surface area contributed by atoms with Crippen molar-refractivity contribution in [3.8, 4) is 6.07 Å². The molecule has 13 nitrogen and oxygen atoms in total. The summed E-state index contributed by atoms with van der Waals surface area (Å²) in [5.74, 6) is -1.60. The molecule has 0 aromatic heterocycles. The van der Waals surface area contributed by atoms with Crippen molar-refractivity contribution < 1.29 is 57.9 Å². The number of carbonyl (C=O) groups excluding carboxylic acids is 3. The summed E-state index contributed by atoms with van der Waals surface area (Å²) >= 11 is 8.82. The summed E-state index contributed by atoms with van der Waals surface area (Å²) in [6, 6.07) is 2.18. The maximum absolute atomic E-state index is 15.3. The molecule has 0 aliphatic heterocycles. The van der Waals surface area contributed by atoms with Crippen molar-refractivity contribution in [1.29, 1.82) is 5.26 Å². The number of methoxy groups -OCH3 is 1. The Hall–Kier alpha value is -2.45. The predicted molar refractivity (Wildman–Crippen MR) is 285 cm³/mol. The minimum atomic E-state index is -1.77. The third kappa shape index (κ3) is 20.0. The summed E-state index contributed by atoms with van der Waals surface area (Å²) in [6.45, 7) is 16.1. The lowest BCUT2D eigenvalue weighted by atomic mass is 9.59. The molecule has 2 N–H and O–H groups in total. The topological polar surface area (TPSA) is 196 Å². The second-order valence-corrected chi connectivity index (χ2v) is 27.0. The fourth-order valence-electron chi connectivity index (χ4n) is 12.3. The Labute approximate surface area is 440 Å². The van der Waals surface area contributed by atoms with E-state index in [1.807, 2.05) is 0 Å². The van der Waals surface area contributed by atoms with Crippen molar-refractivity contribution in [1.82, 2.24) is 0 Å². The molecule has 10 unspecified atom stereocenters. The number of carboxylic acids is 2. The normalized spacial score (nSPS) is 23.7. The molecular formula is C55H91NO12S3. The Bertz CT molecular complexity index is 1800. The van der Waals surface area contributed by atoms with Crippen LogP contribution < -0.4 is 0 Å². The van der Waals surface area contributed by atoms with Crippen LogP contribution in [0.2, 0.25) is 0 Å². The van der Waals surface area contributed by atoms with E-state index in [1.165, 1.54) is 76.5 Å². The van der Waals surface area contributed by atoms with Gasteiger partial charge in [0.05, 0.1) is 53.0 Å². The van der Waals surface area contributed by atoms with Gasteiger partial charge in [0.1, 0.15) is 21.8 Å². The average Bonchev–Trinajstić information content (AvgIpc) is 4.03. The zero-order valence-electron chi connectivity index (χ0n) is 45.1. The van der Waals surface area contributed by atoms with Gasteiger partial charge in [-0.2, -0.15) is 5.26 Å². The molecule has 0 aromatic rings. The summed E-state index contributed by atoms with van der Waals surface area (Å²) in [5, 5.41) is 31.0. The van der Waals surface area contributed by atoms with Gasteiger partial charge in [-0.3, -0.25) is 24.0 Å². The number of unbranched alkanes of at least 4 members (excludes halogenated alkanes) is 9. The van der Waals surface area contributed by atoms with Crippen LogP contribution in [0.3, 0.4) is 0 Å². The quantitative estimate of drug-likeness (QED) is 0.0263. The Morgan fingerprint density at radius 1 is 0.676 bits per heavy atom. The van der Waals surface area contributed by atoms with Gasteiger partial charge in [0.15, 0.2) is 0 Å². The first-order valence-electron chi connectivity index (χ1n) is 26.6. The molecule has 0 radical (unpaired) electrons. The number of hydrogen-bond acceptors (Lipinski definition) is 14. The lowest BCUT2D eigenvalue weighted by Gasteiger charge is -2.45. The van der Waals surface area contributed by atoms with E-state index in [1.54, 1.807) is 67.3 Å². The van der Waals surface area contributed by atoms with Crippen LogP contribution in [0.5, 0.6) is 0 Å². The Morgan fingerprint density at radius 3 is 1.85 bits per heavy atom. The standard InChI is InChI=1S/C55H91NO12S3/c1-11-12-13-14-15-16-17-18-19-20-30-70-49(69)71-38-55(9,48(63)68-50(2,3)4)36-53(7,46(61)66-29-28-65-27-26-64-10)35-54(8,34-52(6,45(59)60)33-51(5,37-56)25-24-44(57)58)47(62)67-43-32-39-31-42(43)41-23-21-22-40(39)41/h39-43H,11-36,38H2,1-10H3,(H,57,58)(H,59,60). The molecule has 3 rings (SSSR count).